The lowest BCUT2D eigenvalue weighted by Gasteiger charge is -2.11. The summed E-state index contributed by atoms with van der Waals surface area (Å²) < 4.78 is 0.849. The zero-order chi connectivity index (χ0) is 13.7. The Balaban J connectivity index is 1.68. The summed E-state index contributed by atoms with van der Waals surface area (Å²) in [6, 6.07) is 0.837. The van der Waals surface area contributed by atoms with Crippen molar-refractivity contribution in [2.75, 3.05) is 11.1 Å². The van der Waals surface area contributed by atoms with E-state index in [2.05, 4.69) is 27.8 Å². The molecule has 0 unspecified atom stereocenters. The van der Waals surface area contributed by atoms with Crippen molar-refractivity contribution in [3.05, 3.63) is 0 Å². The summed E-state index contributed by atoms with van der Waals surface area (Å²) in [4.78, 5) is 11.7. The molecule has 7 heteroatoms. The second kappa shape index (κ2) is 7.09. The van der Waals surface area contributed by atoms with Crippen molar-refractivity contribution in [3.8, 4) is 0 Å². The summed E-state index contributed by atoms with van der Waals surface area (Å²) in [5.74, 6) is 0.476. The van der Waals surface area contributed by atoms with E-state index < -0.39 is 0 Å². The molecular weight excluding hydrogens is 280 g/mol. The molecule has 2 N–H and O–H groups in total. The molecule has 1 aromatic heterocycles. The zero-order valence-corrected chi connectivity index (χ0v) is 12.9. The summed E-state index contributed by atoms with van der Waals surface area (Å²) in [5, 5.41) is 15.3. The second-order valence-corrected chi connectivity index (χ2v) is 7.04. The summed E-state index contributed by atoms with van der Waals surface area (Å²) in [6.07, 6.45) is 4.55. The number of nitrogens with one attached hydrogen (secondary N) is 2. The van der Waals surface area contributed by atoms with Crippen molar-refractivity contribution in [1.29, 1.82) is 0 Å². The number of carbonyl (C=O) groups excluding carboxylic acids is 1. The monoisotopic (exact) mass is 300 g/mol. The number of nitrogens with zero attached hydrogens (tertiary/aromatic N) is 2. The molecule has 1 aliphatic carbocycles. The van der Waals surface area contributed by atoms with E-state index in [0.29, 0.717) is 11.8 Å². The Bertz CT molecular complexity index is 420. The number of aromatic nitrogens is 2. The number of rotatable bonds is 8. The average Bonchev–Trinajstić information content (AvgIpc) is 3.04. The van der Waals surface area contributed by atoms with Gasteiger partial charge in [-0.05, 0) is 26.2 Å². The van der Waals surface area contributed by atoms with E-state index >= 15 is 0 Å². The summed E-state index contributed by atoms with van der Waals surface area (Å²) in [6.45, 7) is 4.15. The van der Waals surface area contributed by atoms with Gasteiger partial charge in [-0.25, -0.2) is 0 Å². The van der Waals surface area contributed by atoms with E-state index in [0.717, 1.165) is 22.3 Å². The van der Waals surface area contributed by atoms with Crippen molar-refractivity contribution >= 4 is 34.1 Å². The van der Waals surface area contributed by atoms with Gasteiger partial charge in [0.2, 0.25) is 11.0 Å². The molecule has 0 aliphatic heterocycles. The lowest BCUT2D eigenvalue weighted by atomic mass is 10.2. The highest BCUT2D eigenvalue weighted by atomic mass is 32.2. The predicted octanol–water partition coefficient (Wildman–Crippen LogP) is 2.51. The minimum absolute atomic E-state index is 0.0675. The molecule has 1 atom stereocenters. The first kappa shape index (κ1) is 14.6. The van der Waals surface area contributed by atoms with Crippen LogP contribution in [0, 0.1) is 0 Å². The average molecular weight is 300 g/mol. The summed E-state index contributed by atoms with van der Waals surface area (Å²) in [7, 11) is 0. The highest BCUT2D eigenvalue weighted by molar-refractivity contribution is 8.01. The van der Waals surface area contributed by atoms with E-state index in [9.17, 15) is 4.79 Å². The molecule has 1 fully saturated rings. The summed E-state index contributed by atoms with van der Waals surface area (Å²) >= 11 is 2.97. The fraction of sp³-hybridized carbons (Fsp3) is 0.750. The highest BCUT2D eigenvalue weighted by Crippen LogP contribution is 2.29. The molecule has 106 valence electrons. The van der Waals surface area contributed by atoms with Gasteiger partial charge in [0.1, 0.15) is 0 Å². The van der Waals surface area contributed by atoms with E-state index in [1.165, 1.54) is 35.9 Å². The topological polar surface area (TPSA) is 66.9 Å². The van der Waals surface area contributed by atoms with Crippen molar-refractivity contribution in [1.82, 2.24) is 15.5 Å². The van der Waals surface area contributed by atoms with E-state index in [-0.39, 0.29) is 11.9 Å². The molecule has 19 heavy (non-hydrogen) atoms. The number of hydrogen-bond donors (Lipinski definition) is 2. The Hall–Kier alpha value is -0.820. The van der Waals surface area contributed by atoms with Crippen LogP contribution in [0.15, 0.2) is 4.34 Å². The lowest BCUT2D eigenvalue weighted by molar-refractivity contribution is -0.119. The molecule has 0 radical (unpaired) electrons. The first-order chi connectivity index (χ1) is 9.17. The third kappa shape index (κ3) is 5.36. The molecule has 1 aromatic rings. The van der Waals surface area contributed by atoms with Gasteiger partial charge in [0.15, 0.2) is 4.34 Å². The van der Waals surface area contributed by atoms with Crippen molar-refractivity contribution < 1.29 is 4.79 Å². The Labute approximate surface area is 122 Å². The van der Waals surface area contributed by atoms with Gasteiger partial charge >= 0.3 is 0 Å². The largest absolute Gasteiger partial charge is 0.357 e. The predicted molar refractivity (Wildman–Crippen MR) is 79.8 cm³/mol. The van der Waals surface area contributed by atoms with Gasteiger partial charge in [-0.1, -0.05) is 36.4 Å². The highest BCUT2D eigenvalue weighted by Gasteiger charge is 2.22. The van der Waals surface area contributed by atoms with Gasteiger partial charge in [0.25, 0.3) is 0 Å². The first-order valence-electron chi connectivity index (χ1n) is 6.69. The molecule has 2 rings (SSSR count). The number of hydrogen-bond acceptors (Lipinski definition) is 6. The van der Waals surface area contributed by atoms with Crippen LogP contribution in [0.3, 0.4) is 0 Å². The van der Waals surface area contributed by atoms with Gasteiger partial charge in [0, 0.05) is 12.1 Å². The fourth-order valence-corrected chi connectivity index (χ4v) is 3.32. The lowest BCUT2D eigenvalue weighted by Crippen LogP contribution is -2.33. The maximum Gasteiger partial charge on any atom is 0.230 e. The van der Waals surface area contributed by atoms with E-state index in [1.807, 2.05) is 6.92 Å². The third-order valence-electron chi connectivity index (χ3n) is 2.77. The number of anilines is 1. The van der Waals surface area contributed by atoms with E-state index in [4.69, 9.17) is 0 Å². The standard InChI is InChI=1S/C12H20N4OS2/c1-3-4-8(2)13-10(17)7-18-12-16-15-11(19-12)14-9-5-6-9/h8-9H,3-7H2,1-2H3,(H,13,17)(H,14,15)/t8-/m1/s1. The van der Waals surface area contributed by atoms with Crippen LogP contribution in [-0.2, 0) is 4.79 Å². The van der Waals surface area contributed by atoms with Crippen LogP contribution in [0.5, 0.6) is 0 Å². The smallest absolute Gasteiger partial charge is 0.230 e. The molecule has 1 aliphatic rings. The maximum atomic E-state index is 11.7. The van der Waals surface area contributed by atoms with Crippen LogP contribution in [0.1, 0.15) is 39.5 Å². The Morgan fingerprint density at radius 1 is 1.53 bits per heavy atom. The van der Waals surface area contributed by atoms with Gasteiger partial charge in [-0.3, -0.25) is 4.79 Å². The maximum absolute atomic E-state index is 11.7. The van der Waals surface area contributed by atoms with Crippen LogP contribution < -0.4 is 10.6 Å². The molecule has 0 spiro atoms. The van der Waals surface area contributed by atoms with Crippen LogP contribution in [-0.4, -0.2) is 33.9 Å². The summed E-state index contributed by atoms with van der Waals surface area (Å²) in [5.41, 5.74) is 0. The molecule has 5 nitrogen and oxygen atoms in total. The fourth-order valence-electron chi connectivity index (χ4n) is 1.68. The van der Waals surface area contributed by atoms with Gasteiger partial charge in [-0.15, -0.1) is 10.2 Å². The van der Waals surface area contributed by atoms with Crippen LogP contribution in [0.25, 0.3) is 0 Å². The SMILES string of the molecule is CCC[C@@H](C)NC(=O)CSc1nnc(NC2CC2)s1. The Morgan fingerprint density at radius 3 is 3.00 bits per heavy atom. The van der Waals surface area contributed by atoms with Crippen molar-refractivity contribution in [2.24, 2.45) is 0 Å². The number of thioether (sulfide) groups is 1. The first-order valence-corrected chi connectivity index (χ1v) is 8.49. The quantitative estimate of drug-likeness (QED) is 0.722. The Kier molecular flexibility index (Phi) is 5.45. The molecule has 0 bridgehead atoms. The van der Waals surface area contributed by atoms with Gasteiger partial charge in [-0.2, -0.15) is 0 Å². The van der Waals surface area contributed by atoms with E-state index in [1.54, 1.807) is 0 Å². The second-order valence-electron chi connectivity index (χ2n) is 4.84. The number of carbonyl (C=O) groups is 1. The molecular formula is C12H20N4OS2. The molecule has 0 aromatic carbocycles. The third-order valence-corrected chi connectivity index (χ3v) is 4.76. The minimum Gasteiger partial charge on any atom is -0.357 e. The van der Waals surface area contributed by atoms with Crippen LogP contribution in [0.4, 0.5) is 5.13 Å². The Morgan fingerprint density at radius 2 is 2.32 bits per heavy atom. The normalized spacial score (nSPS) is 16.1. The number of amides is 1. The molecule has 1 saturated carbocycles. The van der Waals surface area contributed by atoms with Crippen molar-refractivity contribution in [2.45, 2.75) is 56.0 Å². The van der Waals surface area contributed by atoms with Gasteiger partial charge < -0.3 is 10.6 Å². The molecule has 1 amide bonds. The van der Waals surface area contributed by atoms with Crippen LogP contribution in [0.2, 0.25) is 0 Å². The zero-order valence-electron chi connectivity index (χ0n) is 11.3. The van der Waals surface area contributed by atoms with Gasteiger partial charge in [0.05, 0.1) is 5.75 Å². The van der Waals surface area contributed by atoms with Crippen molar-refractivity contribution in [3.63, 3.8) is 0 Å². The molecule has 0 saturated heterocycles. The molecule has 1 heterocycles. The minimum atomic E-state index is 0.0675. The van der Waals surface area contributed by atoms with Crippen LogP contribution >= 0.6 is 23.1 Å².